The summed E-state index contributed by atoms with van der Waals surface area (Å²) in [4.78, 5) is 0. The molecular weight excluding hydrogens is 260 g/mol. The Hall–Kier alpha value is -1.68. The molecule has 21 heavy (non-hydrogen) atoms. The highest BCUT2D eigenvalue weighted by molar-refractivity contribution is 5.44. The van der Waals surface area contributed by atoms with Crippen LogP contribution >= 0.6 is 0 Å². The quantitative estimate of drug-likeness (QED) is 0.671. The number of ether oxygens (including phenoxy) is 1. The van der Waals surface area contributed by atoms with E-state index in [1.807, 2.05) is 0 Å². The van der Waals surface area contributed by atoms with Crippen LogP contribution in [0, 0.1) is 20.8 Å². The van der Waals surface area contributed by atoms with Gasteiger partial charge in [0.05, 0.1) is 19.3 Å². The van der Waals surface area contributed by atoms with Gasteiger partial charge in [-0.25, -0.2) is 5.43 Å². The normalized spacial score (nSPS) is 15.0. The molecule has 3 N–H and O–H groups in total. The number of nitrogens with two attached hydrogens (primary N) is 1. The molecule has 0 saturated carbocycles. The molecule has 0 bridgehead atoms. The zero-order chi connectivity index (χ0) is 15.0. The van der Waals surface area contributed by atoms with E-state index < -0.39 is 0 Å². The van der Waals surface area contributed by atoms with Crippen LogP contribution in [-0.4, -0.2) is 0 Å². The second kappa shape index (κ2) is 5.60. The van der Waals surface area contributed by atoms with Gasteiger partial charge < -0.3 is 4.74 Å². The lowest BCUT2D eigenvalue weighted by Gasteiger charge is -2.21. The van der Waals surface area contributed by atoms with E-state index in [-0.39, 0.29) is 6.04 Å². The summed E-state index contributed by atoms with van der Waals surface area (Å²) in [6, 6.07) is 11.0. The molecule has 1 heterocycles. The number of benzene rings is 2. The molecule has 0 saturated heterocycles. The van der Waals surface area contributed by atoms with Gasteiger partial charge in [-0.15, -0.1) is 0 Å². The van der Waals surface area contributed by atoms with Crippen molar-refractivity contribution in [3.63, 3.8) is 0 Å². The van der Waals surface area contributed by atoms with Crippen molar-refractivity contribution in [1.29, 1.82) is 0 Å². The largest absolute Gasteiger partial charge is 0.372 e. The number of hydrogen-bond donors (Lipinski definition) is 2. The van der Waals surface area contributed by atoms with Crippen molar-refractivity contribution in [2.45, 2.75) is 40.0 Å². The van der Waals surface area contributed by atoms with E-state index >= 15 is 0 Å². The lowest BCUT2D eigenvalue weighted by molar-refractivity contribution is 0.134. The molecule has 1 atom stereocenters. The first-order valence-electron chi connectivity index (χ1n) is 7.33. The Labute approximate surface area is 126 Å². The summed E-state index contributed by atoms with van der Waals surface area (Å²) in [6.07, 6.45) is 0. The predicted octanol–water partition coefficient (Wildman–Crippen LogP) is 3.19. The molecule has 110 valence electrons. The molecule has 0 aliphatic carbocycles. The van der Waals surface area contributed by atoms with Crippen LogP contribution in [-0.2, 0) is 18.0 Å². The first-order chi connectivity index (χ1) is 10.1. The predicted molar refractivity (Wildman–Crippen MR) is 84.8 cm³/mol. The number of fused-ring (bicyclic) bond motifs is 1. The molecule has 0 aromatic heterocycles. The van der Waals surface area contributed by atoms with Gasteiger partial charge in [-0.3, -0.25) is 5.84 Å². The van der Waals surface area contributed by atoms with Crippen LogP contribution < -0.4 is 11.3 Å². The van der Waals surface area contributed by atoms with E-state index in [4.69, 9.17) is 10.6 Å². The molecule has 1 unspecified atom stereocenters. The van der Waals surface area contributed by atoms with E-state index in [1.54, 1.807) is 0 Å². The summed E-state index contributed by atoms with van der Waals surface area (Å²) in [6.45, 7) is 7.85. The minimum absolute atomic E-state index is 0.00944. The van der Waals surface area contributed by atoms with Gasteiger partial charge in [0.25, 0.3) is 0 Å². The highest BCUT2D eigenvalue weighted by Gasteiger charge is 2.19. The van der Waals surface area contributed by atoms with Crippen LogP contribution in [0.25, 0.3) is 0 Å². The number of rotatable bonds is 3. The van der Waals surface area contributed by atoms with Crippen molar-refractivity contribution >= 4 is 0 Å². The Morgan fingerprint density at radius 1 is 0.952 bits per heavy atom. The van der Waals surface area contributed by atoms with E-state index in [0.717, 1.165) is 6.61 Å². The van der Waals surface area contributed by atoms with Crippen LogP contribution in [0.5, 0.6) is 0 Å². The zero-order valence-corrected chi connectivity index (χ0v) is 12.9. The van der Waals surface area contributed by atoms with E-state index in [1.165, 1.54) is 38.9 Å². The van der Waals surface area contributed by atoms with Gasteiger partial charge in [0.2, 0.25) is 0 Å². The molecule has 3 nitrogen and oxygen atoms in total. The second-order valence-electron chi connectivity index (χ2n) is 5.91. The fourth-order valence-corrected chi connectivity index (χ4v) is 3.03. The third-order valence-electron chi connectivity index (χ3n) is 4.44. The highest BCUT2D eigenvalue weighted by atomic mass is 16.5. The summed E-state index contributed by atoms with van der Waals surface area (Å²) in [7, 11) is 0. The molecule has 1 aliphatic heterocycles. The van der Waals surface area contributed by atoms with Gasteiger partial charge >= 0.3 is 0 Å². The molecule has 0 spiro atoms. The highest BCUT2D eigenvalue weighted by Crippen LogP contribution is 2.30. The summed E-state index contributed by atoms with van der Waals surface area (Å²) in [5, 5.41) is 0. The molecule has 0 amide bonds. The minimum Gasteiger partial charge on any atom is -0.372 e. The monoisotopic (exact) mass is 282 g/mol. The maximum Gasteiger partial charge on any atom is 0.0725 e. The maximum absolute atomic E-state index is 5.86. The van der Waals surface area contributed by atoms with Gasteiger partial charge in [-0.1, -0.05) is 30.3 Å². The van der Waals surface area contributed by atoms with Crippen LogP contribution in [0.1, 0.15) is 45.0 Å². The van der Waals surface area contributed by atoms with E-state index in [0.29, 0.717) is 6.61 Å². The van der Waals surface area contributed by atoms with E-state index in [2.05, 4.69) is 56.5 Å². The summed E-state index contributed by atoms with van der Waals surface area (Å²) in [5.41, 5.74) is 11.8. The average molecular weight is 282 g/mol. The van der Waals surface area contributed by atoms with Crippen LogP contribution in [0.3, 0.4) is 0 Å². The third kappa shape index (κ3) is 2.60. The van der Waals surface area contributed by atoms with Crippen molar-refractivity contribution in [3.05, 3.63) is 69.3 Å². The van der Waals surface area contributed by atoms with Crippen molar-refractivity contribution in [2.75, 3.05) is 0 Å². The van der Waals surface area contributed by atoms with Gasteiger partial charge in [-0.05, 0) is 59.7 Å². The van der Waals surface area contributed by atoms with Crippen molar-refractivity contribution < 1.29 is 4.74 Å². The second-order valence-corrected chi connectivity index (χ2v) is 5.91. The maximum atomic E-state index is 5.86. The topological polar surface area (TPSA) is 47.3 Å². The average Bonchev–Trinajstić information content (AvgIpc) is 2.92. The number of hydrogen-bond acceptors (Lipinski definition) is 3. The van der Waals surface area contributed by atoms with E-state index in [9.17, 15) is 0 Å². The summed E-state index contributed by atoms with van der Waals surface area (Å²) >= 11 is 0. The van der Waals surface area contributed by atoms with Gasteiger partial charge in [-0.2, -0.15) is 0 Å². The molecule has 0 fully saturated rings. The first-order valence-corrected chi connectivity index (χ1v) is 7.33. The number of nitrogens with one attached hydrogen (secondary N) is 1. The van der Waals surface area contributed by atoms with Crippen molar-refractivity contribution in [3.8, 4) is 0 Å². The lowest BCUT2D eigenvalue weighted by Crippen LogP contribution is -2.29. The summed E-state index contributed by atoms with van der Waals surface area (Å²) in [5.74, 6) is 5.86. The van der Waals surface area contributed by atoms with Crippen molar-refractivity contribution in [2.24, 2.45) is 5.84 Å². The molecule has 0 radical (unpaired) electrons. The number of aryl methyl sites for hydroxylation is 3. The number of hydrazine groups is 1. The third-order valence-corrected chi connectivity index (χ3v) is 4.44. The lowest BCUT2D eigenvalue weighted by atomic mass is 9.91. The Morgan fingerprint density at radius 3 is 2.43 bits per heavy atom. The van der Waals surface area contributed by atoms with Gasteiger partial charge in [0, 0.05) is 0 Å². The van der Waals surface area contributed by atoms with Crippen LogP contribution in [0.2, 0.25) is 0 Å². The molecule has 3 heteroatoms. The standard InChI is InChI=1S/C18H22N2O/c1-11-6-13(3)17(7-12(11)2)18(20-19)14-4-5-15-9-21-10-16(15)8-14/h4-8,18,20H,9-10,19H2,1-3H3. The summed E-state index contributed by atoms with van der Waals surface area (Å²) < 4.78 is 5.50. The molecule has 2 aromatic carbocycles. The van der Waals surface area contributed by atoms with Crippen LogP contribution in [0.4, 0.5) is 0 Å². The Morgan fingerprint density at radius 2 is 1.67 bits per heavy atom. The smallest absolute Gasteiger partial charge is 0.0725 e. The van der Waals surface area contributed by atoms with Crippen LogP contribution in [0.15, 0.2) is 30.3 Å². The Balaban J connectivity index is 2.04. The fraction of sp³-hybridized carbons (Fsp3) is 0.333. The first kappa shape index (κ1) is 14.3. The minimum atomic E-state index is 0.00944. The van der Waals surface area contributed by atoms with Gasteiger partial charge in [0.15, 0.2) is 0 Å². The molecule has 2 aromatic rings. The van der Waals surface area contributed by atoms with Crippen molar-refractivity contribution in [1.82, 2.24) is 5.43 Å². The molecule has 1 aliphatic rings. The Kier molecular flexibility index (Phi) is 3.81. The Bertz CT molecular complexity index is 679. The SMILES string of the molecule is Cc1cc(C)c(C(NN)c2ccc3c(c2)COC3)cc1C. The molecular formula is C18H22N2O. The zero-order valence-electron chi connectivity index (χ0n) is 12.9. The molecule has 3 rings (SSSR count). The fourth-order valence-electron chi connectivity index (χ4n) is 3.03. The van der Waals surface area contributed by atoms with Gasteiger partial charge in [0.1, 0.15) is 0 Å².